The van der Waals surface area contributed by atoms with E-state index in [4.69, 9.17) is 16.3 Å². The summed E-state index contributed by atoms with van der Waals surface area (Å²) in [6.07, 6.45) is 1.26. The van der Waals surface area contributed by atoms with Gasteiger partial charge in [-0.2, -0.15) is 0 Å². The maximum Gasteiger partial charge on any atom is 0.180 e. The Hall–Kier alpha value is -2.08. The Morgan fingerprint density at radius 3 is 3.00 bits per heavy atom. The van der Waals surface area contributed by atoms with Crippen LogP contribution < -0.4 is 4.74 Å². The molecule has 2 aromatic heterocycles. The summed E-state index contributed by atoms with van der Waals surface area (Å²) in [7, 11) is 0. The Labute approximate surface area is 144 Å². The van der Waals surface area contributed by atoms with Gasteiger partial charge in [0.15, 0.2) is 17.5 Å². The first-order valence-electron chi connectivity index (χ1n) is 7.79. The minimum absolute atomic E-state index is 0.0963. The molecule has 2 heterocycles. The summed E-state index contributed by atoms with van der Waals surface area (Å²) < 4.78 is 7.93. The fourth-order valence-corrected chi connectivity index (χ4v) is 3.50. The van der Waals surface area contributed by atoms with Crippen LogP contribution in [0.5, 0.6) is 5.75 Å². The second kappa shape index (κ2) is 5.77. The van der Waals surface area contributed by atoms with Crippen molar-refractivity contribution >= 4 is 17.2 Å². The number of aryl methyl sites for hydroxylation is 1. The lowest BCUT2D eigenvalue weighted by atomic mass is 10.1. The first-order chi connectivity index (χ1) is 11.6. The van der Waals surface area contributed by atoms with Gasteiger partial charge in [-0.25, -0.2) is 4.98 Å². The van der Waals surface area contributed by atoms with Gasteiger partial charge in [0.25, 0.3) is 0 Å². The number of hydrogen-bond acceptors (Lipinski definition) is 4. The topological polar surface area (TPSA) is 67.0 Å². The summed E-state index contributed by atoms with van der Waals surface area (Å²) in [5, 5.41) is 20.6. The lowest BCUT2D eigenvalue weighted by Gasteiger charge is -2.19. The Bertz CT molecular complexity index is 922. The molecule has 0 spiro atoms. The molecule has 0 radical (unpaired) electrons. The normalized spacial score (nSPS) is 19.7. The summed E-state index contributed by atoms with van der Waals surface area (Å²) in [5.74, 6) is 0.567. The van der Waals surface area contributed by atoms with Crippen LogP contribution in [0, 0.1) is 6.92 Å². The third kappa shape index (κ3) is 2.36. The number of aliphatic hydroxyl groups is 2. The fraction of sp³-hybridized carbons (Fsp3) is 0.278. The number of ether oxygens (including phenoxy) is 1. The van der Waals surface area contributed by atoms with Gasteiger partial charge in [-0.3, -0.25) is 4.40 Å². The average Bonchev–Trinajstić information content (AvgIpc) is 3.04. The van der Waals surface area contributed by atoms with Gasteiger partial charge < -0.3 is 14.9 Å². The monoisotopic (exact) mass is 344 g/mol. The average molecular weight is 345 g/mol. The Kier molecular flexibility index (Phi) is 3.72. The van der Waals surface area contributed by atoms with E-state index in [1.807, 2.05) is 47.9 Å². The molecule has 4 rings (SSSR count). The van der Waals surface area contributed by atoms with Crippen LogP contribution in [-0.4, -0.2) is 25.7 Å². The van der Waals surface area contributed by atoms with Crippen LogP contribution in [-0.2, 0) is 13.0 Å². The predicted octanol–water partition coefficient (Wildman–Crippen LogP) is 2.83. The molecule has 3 aromatic rings. The molecule has 2 N–H and O–H groups in total. The molecule has 2 unspecified atom stereocenters. The van der Waals surface area contributed by atoms with Crippen LogP contribution in [0.15, 0.2) is 36.5 Å². The molecule has 1 aliphatic rings. The van der Waals surface area contributed by atoms with Gasteiger partial charge in [-0.1, -0.05) is 17.7 Å². The number of aromatic nitrogens is 2. The quantitative estimate of drug-likeness (QED) is 0.766. The van der Waals surface area contributed by atoms with Crippen molar-refractivity contribution in [1.82, 2.24) is 9.38 Å². The van der Waals surface area contributed by atoms with E-state index < -0.39 is 12.2 Å². The second-order valence-corrected chi connectivity index (χ2v) is 6.46. The molecule has 6 heteroatoms. The van der Waals surface area contributed by atoms with Gasteiger partial charge in [-0.15, -0.1) is 0 Å². The summed E-state index contributed by atoms with van der Waals surface area (Å²) >= 11 is 6.10. The molecule has 1 aromatic carbocycles. The molecule has 1 aliphatic carbocycles. The maximum absolute atomic E-state index is 10.4. The lowest BCUT2D eigenvalue weighted by molar-refractivity contribution is 0.0502. The zero-order valence-corrected chi connectivity index (χ0v) is 13.9. The summed E-state index contributed by atoms with van der Waals surface area (Å²) in [6, 6.07) is 9.24. The van der Waals surface area contributed by atoms with E-state index in [9.17, 15) is 10.2 Å². The SMILES string of the molecule is Cc1nc2c(OC3c4cc(Cl)ccc4CC3O)cccn2c1CO. The van der Waals surface area contributed by atoms with Crippen molar-refractivity contribution in [3.05, 3.63) is 64.1 Å². The van der Waals surface area contributed by atoms with Crippen molar-refractivity contribution in [2.75, 3.05) is 0 Å². The number of halogens is 1. The standard InChI is InChI=1S/C18H17ClN2O3/c1-10-14(9-22)21-6-2-3-16(18(21)20-10)24-17-13-8-12(19)5-4-11(13)7-15(17)23/h2-6,8,15,17,22-23H,7,9H2,1H3. The van der Waals surface area contributed by atoms with E-state index in [1.54, 1.807) is 0 Å². The second-order valence-electron chi connectivity index (χ2n) is 6.02. The van der Waals surface area contributed by atoms with Crippen LogP contribution in [0.3, 0.4) is 0 Å². The number of nitrogens with zero attached hydrogens (tertiary/aromatic N) is 2. The third-order valence-electron chi connectivity index (χ3n) is 4.51. The number of hydrogen-bond donors (Lipinski definition) is 2. The van der Waals surface area contributed by atoms with Gasteiger partial charge in [0, 0.05) is 17.6 Å². The number of imidazole rings is 1. The van der Waals surface area contributed by atoms with Gasteiger partial charge >= 0.3 is 0 Å². The lowest BCUT2D eigenvalue weighted by Crippen LogP contribution is -2.19. The van der Waals surface area contributed by atoms with Crippen molar-refractivity contribution < 1.29 is 14.9 Å². The largest absolute Gasteiger partial charge is 0.479 e. The molecular formula is C18H17ClN2O3. The van der Waals surface area contributed by atoms with E-state index in [1.165, 1.54) is 0 Å². The Morgan fingerprint density at radius 2 is 2.21 bits per heavy atom. The van der Waals surface area contributed by atoms with Gasteiger partial charge in [0.2, 0.25) is 0 Å². The van der Waals surface area contributed by atoms with E-state index in [0.717, 1.165) is 22.5 Å². The molecule has 5 nitrogen and oxygen atoms in total. The zero-order valence-electron chi connectivity index (χ0n) is 13.1. The third-order valence-corrected chi connectivity index (χ3v) is 4.75. The number of fused-ring (bicyclic) bond motifs is 2. The molecule has 0 aliphatic heterocycles. The van der Waals surface area contributed by atoms with Crippen molar-refractivity contribution in [1.29, 1.82) is 0 Å². The molecular weight excluding hydrogens is 328 g/mol. The number of rotatable bonds is 3. The molecule has 0 saturated heterocycles. The molecule has 0 fully saturated rings. The van der Waals surface area contributed by atoms with Crippen LogP contribution in [0.4, 0.5) is 0 Å². The van der Waals surface area contributed by atoms with E-state index >= 15 is 0 Å². The Morgan fingerprint density at radius 1 is 1.38 bits per heavy atom. The van der Waals surface area contributed by atoms with E-state index in [0.29, 0.717) is 22.8 Å². The first-order valence-corrected chi connectivity index (χ1v) is 8.16. The van der Waals surface area contributed by atoms with Crippen LogP contribution in [0.1, 0.15) is 28.6 Å². The highest BCUT2D eigenvalue weighted by atomic mass is 35.5. The van der Waals surface area contributed by atoms with Crippen molar-refractivity contribution in [3.8, 4) is 5.75 Å². The van der Waals surface area contributed by atoms with Gasteiger partial charge in [0.05, 0.1) is 24.1 Å². The number of aliphatic hydroxyl groups excluding tert-OH is 2. The molecule has 2 atom stereocenters. The van der Waals surface area contributed by atoms with Crippen molar-refractivity contribution in [2.24, 2.45) is 0 Å². The number of pyridine rings is 1. The molecule has 0 saturated carbocycles. The zero-order chi connectivity index (χ0) is 16.8. The molecule has 0 bridgehead atoms. The highest BCUT2D eigenvalue weighted by molar-refractivity contribution is 6.30. The van der Waals surface area contributed by atoms with Crippen LogP contribution >= 0.6 is 11.6 Å². The Balaban J connectivity index is 1.77. The smallest absolute Gasteiger partial charge is 0.180 e. The minimum Gasteiger partial charge on any atom is -0.479 e. The predicted molar refractivity (Wildman–Crippen MR) is 90.4 cm³/mol. The van der Waals surface area contributed by atoms with Crippen LogP contribution in [0.25, 0.3) is 5.65 Å². The molecule has 0 amide bonds. The van der Waals surface area contributed by atoms with Crippen LogP contribution in [0.2, 0.25) is 5.02 Å². The van der Waals surface area contributed by atoms with Gasteiger partial charge in [-0.05, 0) is 42.3 Å². The van der Waals surface area contributed by atoms with E-state index in [-0.39, 0.29) is 6.61 Å². The highest BCUT2D eigenvalue weighted by Gasteiger charge is 2.33. The highest BCUT2D eigenvalue weighted by Crippen LogP contribution is 2.37. The van der Waals surface area contributed by atoms with Gasteiger partial charge in [0.1, 0.15) is 0 Å². The minimum atomic E-state index is -0.632. The summed E-state index contributed by atoms with van der Waals surface area (Å²) in [6.45, 7) is 1.75. The molecule has 24 heavy (non-hydrogen) atoms. The fourth-order valence-electron chi connectivity index (χ4n) is 3.32. The summed E-state index contributed by atoms with van der Waals surface area (Å²) in [4.78, 5) is 4.49. The molecule has 124 valence electrons. The number of benzene rings is 1. The maximum atomic E-state index is 10.4. The van der Waals surface area contributed by atoms with E-state index in [2.05, 4.69) is 4.98 Å². The van der Waals surface area contributed by atoms with Crippen molar-refractivity contribution in [3.63, 3.8) is 0 Å². The van der Waals surface area contributed by atoms with Crippen molar-refractivity contribution in [2.45, 2.75) is 32.2 Å². The summed E-state index contributed by atoms with van der Waals surface area (Å²) in [5.41, 5.74) is 4.05. The first kappa shape index (κ1) is 15.4.